The largest absolute Gasteiger partial charge is 0.304 e. The molecule has 0 amide bonds. The summed E-state index contributed by atoms with van der Waals surface area (Å²) in [7, 11) is -1.11. The van der Waals surface area contributed by atoms with Gasteiger partial charge in [-0.05, 0) is 36.8 Å². The third-order valence-corrected chi connectivity index (χ3v) is 4.89. The Morgan fingerprint density at radius 1 is 1.40 bits per heavy atom. The molecule has 108 valence electrons. The van der Waals surface area contributed by atoms with Crippen molar-refractivity contribution in [3.8, 4) is 0 Å². The lowest BCUT2D eigenvalue weighted by molar-refractivity contribution is 0.673. The third kappa shape index (κ3) is 3.69. The lowest BCUT2D eigenvalue weighted by Crippen LogP contribution is -2.07. The minimum atomic E-state index is -1.11. The van der Waals surface area contributed by atoms with Crippen LogP contribution >= 0.6 is 35.4 Å². The van der Waals surface area contributed by atoms with Gasteiger partial charge in [0.25, 0.3) is 0 Å². The summed E-state index contributed by atoms with van der Waals surface area (Å²) in [5, 5.41) is 7.91. The second-order valence-corrected chi connectivity index (χ2v) is 6.84. The molecular formula is C12H13Cl2N3OS2. The van der Waals surface area contributed by atoms with E-state index in [0.29, 0.717) is 38.7 Å². The maximum Gasteiger partial charge on any atom is 0.195 e. The minimum absolute atomic E-state index is 0.333. The van der Waals surface area contributed by atoms with Gasteiger partial charge in [0.15, 0.2) is 4.77 Å². The summed E-state index contributed by atoms with van der Waals surface area (Å²) in [6.45, 7) is 2.66. The number of aromatic nitrogens is 3. The van der Waals surface area contributed by atoms with E-state index in [9.17, 15) is 4.21 Å². The molecule has 2 rings (SSSR count). The molecule has 0 unspecified atom stereocenters. The molecule has 0 aliphatic carbocycles. The molecule has 0 aliphatic rings. The van der Waals surface area contributed by atoms with Gasteiger partial charge in [-0.25, -0.2) is 0 Å². The van der Waals surface area contributed by atoms with Crippen LogP contribution in [0.25, 0.3) is 0 Å². The number of H-pyrrole nitrogens is 1. The Kier molecular flexibility index (Phi) is 5.37. The monoisotopic (exact) mass is 349 g/mol. The first-order chi connectivity index (χ1) is 9.51. The Bertz CT molecular complexity index is 696. The van der Waals surface area contributed by atoms with E-state index >= 15 is 0 Å². The van der Waals surface area contributed by atoms with E-state index in [1.54, 1.807) is 18.2 Å². The van der Waals surface area contributed by atoms with Crippen molar-refractivity contribution < 1.29 is 4.21 Å². The van der Waals surface area contributed by atoms with Gasteiger partial charge in [-0.1, -0.05) is 29.3 Å². The predicted molar refractivity (Wildman–Crippen MR) is 85.1 cm³/mol. The quantitative estimate of drug-likeness (QED) is 0.837. The van der Waals surface area contributed by atoms with Gasteiger partial charge in [0.05, 0.1) is 11.5 Å². The molecule has 1 N–H and O–H groups in total. The zero-order valence-corrected chi connectivity index (χ0v) is 13.9. The van der Waals surface area contributed by atoms with Crippen LogP contribution in [0.1, 0.15) is 18.3 Å². The molecule has 1 aromatic carbocycles. The molecule has 4 nitrogen and oxygen atoms in total. The van der Waals surface area contributed by atoms with Crippen LogP contribution in [0.3, 0.4) is 0 Å². The molecule has 0 fully saturated rings. The molecule has 1 heterocycles. The fourth-order valence-electron chi connectivity index (χ4n) is 1.79. The highest BCUT2D eigenvalue weighted by Gasteiger charge is 2.11. The zero-order valence-electron chi connectivity index (χ0n) is 10.7. The summed E-state index contributed by atoms with van der Waals surface area (Å²) in [6.07, 6.45) is 0. The number of nitrogens with one attached hydrogen (secondary N) is 1. The maximum absolute atomic E-state index is 12.2. The number of benzene rings is 1. The first-order valence-corrected chi connectivity index (χ1v) is 8.59. The van der Waals surface area contributed by atoms with Crippen molar-refractivity contribution in [2.75, 3.05) is 0 Å². The molecule has 0 spiro atoms. The Morgan fingerprint density at radius 2 is 2.15 bits per heavy atom. The van der Waals surface area contributed by atoms with Crippen LogP contribution in [0.5, 0.6) is 0 Å². The van der Waals surface area contributed by atoms with Crippen LogP contribution in [-0.4, -0.2) is 19.0 Å². The van der Waals surface area contributed by atoms with Crippen molar-refractivity contribution in [3.63, 3.8) is 0 Å². The van der Waals surface area contributed by atoms with Crippen molar-refractivity contribution in [2.24, 2.45) is 0 Å². The van der Waals surface area contributed by atoms with Crippen molar-refractivity contribution in [1.29, 1.82) is 0 Å². The van der Waals surface area contributed by atoms with Crippen LogP contribution in [0, 0.1) is 4.77 Å². The van der Waals surface area contributed by atoms with Crippen LogP contribution in [0.4, 0.5) is 0 Å². The summed E-state index contributed by atoms with van der Waals surface area (Å²) >= 11 is 17.0. The summed E-state index contributed by atoms with van der Waals surface area (Å²) < 4.78 is 14.6. The number of aromatic amines is 1. The van der Waals surface area contributed by atoms with E-state index in [1.807, 2.05) is 11.5 Å². The molecular weight excluding hydrogens is 337 g/mol. The van der Waals surface area contributed by atoms with Gasteiger partial charge in [-0.3, -0.25) is 9.31 Å². The topological polar surface area (TPSA) is 50.7 Å². The lowest BCUT2D eigenvalue weighted by Gasteiger charge is -2.06. The fourth-order valence-corrected chi connectivity index (χ4v) is 3.84. The number of hydrogen-bond acceptors (Lipinski definition) is 3. The van der Waals surface area contributed by atoms with Gasteiger partial charge in [-0.15, -0.1) is 0 Å². The Hall–Kier alpha value is -0.690. The van der Waals surface area contributed by atoms with Crippen LogP contribution in [0.15, 0.2) is 18.2 Å². The molecule has 0 radical (unpaired) electrons. The average molecular weight is 350 g/mol. The van der Waals surface area contributed by atoms with Crippen molar-refractivity contribution in [1.82, 2.24) is 14.8 Å². The van der Waals surface area contributed by atoms with Gasteiger partial charge >= 0.3 is 0 Å². The Labute approximate surface area is 134 Å². The van der Waals surface area contributed by atoms with Gasteiger partial charge in [0.1, 0.15) is 5.82 Å². The second-order valence-electron chi connectivity index (χ2n) is 4.15. The SMILES string of the molecule is CCn1c(C[S@@](=O)Cc2ccc(Cl)cc2Cl)n[nH]c1=S. The van der Waals surface area contributed by atoms with E-state index in [-0.39, 0.29) is 0 Å². The summed E-state index contributed by atoms with van der Waals surface area (Å²) in [5.41, 5.74) is 0.812. The van der Waals surface area contributed by atoms with Crippen LogP contribution in [0.2, 0.25) is 10.0 Å². The molecule has 0 aliphatic heterocycles. The van der Waals surface area contributed by atoms with E-state index in [1.165, 1.54) is 0 Å². The van der Waals surface area contributed by atoms with Gasteiger partial charge < -0.3 is 4.57 Å². The predicted octanol–water partition coefficient (Wildman–Crippen LogP) is 3.72. The number of halogens is 2. The van der Waals surface area contributed by atoms with Gasteiger partial charge in [0.2, 0.25) is 0 Å². The lowest BCUT2D eigenvalue weighted by atomic mass is 10.2. The first kappa shape index (κ1) is 15.7. The summed E-state index contributed by atoms with van der Waals surface area (Å²) in [4.78, 5) is 0. The standard InChI is InChI=1S/C12H13Cl2N3OS2/c1-2-17-11(15-16-12(17)19)7-20(18)6-8-3-4-9(13)5-10(8)14/h3-5H,2,6-7H2,1H3,(H,16,19)/t20-/m0/s1. The molecule has 8 heteroatoms. The van der Waals surface area contributed by atoms with Crippen molar-refractivity contribution >= 4 is 46.2 Å². The fraction of sp³-hybridized carbons (Fsp3) is 0.333. The van der Waals surface area contributed by atoms with Crippen molar-refractivity contribution in [3.05, 3.63) is 44.4 Å². The second kappa shape index (κ2) is 6.85. The van der Waals surface area contributed by atoms with Crippen molar-refractivity contribution in [2.45, 2.75) is 25.0 Å². The molecule has 1 aromatic heterocycles. The Morgan fingerprint density at radius 3 is 2.80 bits per heavy atom. The molecule has 0 bridgehead atoms. The smallest absolute Gasteiger partial charge is 0.195 e. The zero-order chi connectivity index (χ0) is 14.7. The number of rotatable bonds is 5. The highest BCUT2D eigenvalue weighted by molar-refractivity contribution is 7.83. The highest BCUT2D eigenvalue weighted by atomic mass is 35.5. The molecule has 1 atom stereocenters. The first-order valence-electron chi connectivity index (χ1n) is 5.94. The molecule has 0 saturated carbocycles. The molecule has 2 aromatic rings. The van der Waals surface area contributed by atoms with E-state index in [0.717, 1.165) is 5.56 Å². The van der Waals surface area contributed by atoms with Gasteiger partial charge in [0, 0.05) is 27.4 Å². The normalized spacial score (nSPS) is 12.6. The van der Waals surface area contributed by atoms with Crippen LogP contribution < -0.4 is 0 Å². The molecule has 0 saturated heterocycles. The molecule has 20 heavy (non-hydrogen) atoms. The average Bonchev–Trinajstić information content (AvgIpc) is 2.73. The Balaban J connectivity index is 2.11. The van der Waals surface area contributed by atoms with Gasteiger partial charge in [-0.2, -0.15) is 5.10 Å². The third-order valence-electron chi connectivity index (χ3n) is 2.78. The summed E-state index contributed by atoms with van der Waals surface area (Å²) in [5.74, 6) is 1.39. The highest BCUT2D eigenvalue weighted by Crippen LogP contribution is 2.22. The minimum Gasteiger partial charge on any atom is -0.304 e. The summed E-state index contributed by atoms with van der Waals surface area (Å²) in [6, 6.07) is 5.18. The van der Waals surface area contributed by atoms with Crippen LogP contribution in [-0.2, 0) is 28.9 Å². The van der Waals surface area contributed by atoms with E-state index in [4.69, 9.17) is 35.4 Å². The number of hydrogen-bond donors (Lipinski definition) is 1. The van der Waals surface area contributed by atoms with E-state index < -0.39 is 10.8 Å². The van der Waals surface area contributed by atoms with E-state index in [2.05, 4.69) is 10.2 Å². The number of nitrogens with zero attached hydrogens (tertiary/aromatic N) is 2. The maximum atomic E-state index is 12.2.